The molecule has 0 aliphatic rings. The Kier molecular flexibility index (Phi) is 12.1. The Bertz CT molecular complexity index is 507. The standard InChI is InChI=1S/C17H31N3O6S/c1-5-25-13(21)9-11-19-15(27)18-10-7-6-8-12(14(22)23)20-16(24)26-17(2,3)4/h12H,5-11H2,1-4H3,(H,20,24)(H,22,23)(H2,18,19,27). The number of hydrogen-bond acceptors (Lipinski definition) is 6. The first kappa shape index (κ1) is 24.9. The summed E-state index contributed by atoms with van der Waals surface area (Å²) in [6.07, 6.45) is 0.996. The summed E-state index contributed by atoms with van der Waals surface area (Å²) >= 11 is 5.08. The molecule has 0 aromatic carbocycles. The molecule has 0 aliphatic carbocycles. The van der Waals surface area contributed by atoms with Crippen molar-refractivity contribution in [3.63, 3.8) is 0 Å². The first-order valence-corrected chi connectivity index (χ1v) is 9.35. The van der Waals surface area contributed by atoms with Gasteiger partial charge in [-0.25, -0.2) is 9.59 Å². The second-order valence-electron chi connectivity index (χ2n) is 6.77. The van der Waals surface area contributed by atoms with Crippen LogP contribution in [-0.2, 0) is 19.1 Å². The SMILES string of the molecule is CCOC(=O)CCNC(=S)NCCCCC(NC(=O)OC(C)(C)C)C(=O)O. The number of carboxylic acid groups (broad SMARTS) is 1. The van der Waals surface area contributed by atoms with Gasteiger partial charge in [-0.15, -0.1) is 0 Å². The number of carbonyl (C=O) groups excluding carboxylic acids is 2. The number of esters is 1. The van der Waals surface area contributed by atoms with Crippen LogP contribution in [-0.4, -0.2) is 59.6 Å². The maximum Gasteiger partial charge on any atom is 0.408 e. The van der Waals surface area contributed by atoms with E-state index in [1.807, 2.05) is 0 Å². The Morgan fingerprint density at radius 3 is 2.30 bits per heavy atom. The Labute approximate surface area is 165 Å². The zero-order valence-electron chi connectivity index (χ0n) is 16.4. The molecule has 0 saturated carbocycles. The number of amides is 1. The van der Waals surface area contributed by atoms with Crippen molar-refractivity contribution in [2.24, 2.45) is 0 Å². The second kappa shape index (κ2) is 13.1. The van der Waals surface area contributed by atoms with Crippen molar-refractivity contribution in [1.29, 1.82) is 0 Å². The summed E-state index contributed by atoms with van der Waals surface area (Å²) in [5.41, 5.74) is -0.687. The summed E-state index contributed by atoms with van der Waals surface area (Å²) in [4.78, 5) is 34.1. The molecule has 10 heteroatoms. The predicted molar refractivity (Wildman–Crippen MR) is 104 cm³/mol. The van der Waals surface area contributed by atoms with E-state index in [1.54, 1.807) is 27.7 Å². The number of unbranched alkanes of at least 4 members (excludes halogenated alkanes) is 1. The normalized spacial score (nSPS) is 11.9. The molecular formula is C17H31N3O6S. The molecule has 0 saturated heterocycles. The quantitative estimate of drug-likeness (QED) is 0.230. The number of carboxylic acids is 1. The van der Waals surface area contributed by atoms with Gasteiger partial charge in [0.1, 0.15) is 11.6 Å². The van der Waals surface area contributed by atoms with Gasteiger partial charge in [0, 0.05) is 13.1 Å². The van der Waals surface area contributed by atoms with Gasteiger partial charge in [0.2, 0.25) is 0 Å². The van der Waals surface area contributed by atoms with E-state index in [-0.39, 0.29) is 18.8 Å². The van der Waals surface area contributed by atoms with Crippen LogP contribution in [0.2, 0.25) is 0 Å². The second-order valence-corrected chi connectivity index (χ2v) is 7.18. The van der Waals surface area contributed by atoms with Crippen molar-refractivity contribution in [2.75, 3.05) is 19.7 Å². The van der Waals surface area contributed by atoms with Crippen molar-refractivity contribution >= 4 is 35.4 Å². The highest BCUT2D eigenvalue weighted by molar-refractivity contribution is 7.80. The van der Waals surface area contributed by atoms with E-state index in [2.05, 4.69) is 16.0 Å². The van der Waals surface area contributed by atoms with E-state index in [1.165, 1.54) is 0 Å². The average Bonchev–Trinajstić information content (AvgIpc) is 2.51. The maximum atomic E-state index is 11.7. The predicted octanol–water partition coefficient (Wildman–Crippen LogP) is 1.55. The van der Waals surface area contributed by atoms with Gasteiger partial charge in [-0.2, -0.15) is 0 Å². The lowest BCUT2D eigenvalue weighted by Crippen LogP contribution is -2.43. The van der Waals surface area contributed by atoms with Gasteiger partial charge in [-0.3, -0.25) is 4.79 Å². The third kappa shape index (κ3) is 14.7. The molecule has 0 aliphatic heterocycles. The molecule has 0 rings (SSSR count). The average molecular weight is 406 g/mol. The van der Waals surface area contributed by atoms with Crippen LogP contribution in [0.5, 0.6) is 0 Å². The molecule has 1 unspecified atom stereocenters. The summed E-state index contributed by atoms with van der Waals surface area (Å²) in [6.45, 7) is 8.14. The third-order valence-electron chi connectivity index (χ3n) is 3.11. The van der Waals surface area contributed by atoms with E-state index < -0.39 is 23.7 Å². The summed E-state index contributed by atoms with van der Waals surface area (Å²) in [5.74, 6) is -1.39. The molecule has 0 aromatic heterocycles. The Morgan fingerprint density at radius 1 is 1.11 bits per heavy atom. The highest BCUT2D eigenvalue weighted by Gasteiger charge is 2.23. The molecule has 1 atom stereocenters. The largest absolute Gasteiger partial charge is 0.480 e. The fourth-order valence-corrected chi connectivity index (χ4v) is 2.16. The number of carbonyl (C=O) groups is 3. The van der Waals surface area contributed by atoms with Gasteiger partial charge >= 0.3 is 18.0 Å². The number of ether oxygens (including phenoxy) is 2. The first-order valence-electron chi connectivity index (χ1n) is 8.94. The minimum atomic E-state index is -1.11. The molecule has 0 radical (unpaired) electrons. The molecule has 4 N–H and O–H groups in total. The molecular weight excluding hydrogens is 374 g/mol. The lowest BCUT2D eigenvalue weighted by molar-refractivity contribution is -0.143. The fourth-order valence-electron chi connectivity index (χ4n) is 1.96. The van der Waals surface area contributed by atoms with Crippen LogP contribution in [0.15, 0.2) is 0 Å². The number of nitrogens with one attached hydrogen (secondary N) is 3. The van der Waals surface area contributed by atoms with Crippen LogP contribution in [0.4, 0.5) is 4.79 Å². The van der Waals surface area contributed by atoms with Gasteiger partial charge < -0.3 is 30.5 Å². The number of thiocarbonyl (C=S) groups is 1. The van der Waals surface area contributed by atoms with Gasteiger partial charge in [0.25, 0.3) is 0 Å². The minimum Gasteiger partial charge on any atom is -0.480 e. The smallest absolute Gasteiger partial charge is 0.408 e. The van der Waals surface area contributed by atoms with Crippen molar-refractivity contribution in [1.82, 2.24) is 16.0 Å². The van der Waals surface area contributed by atoms with Crippen LogP contribution in [0.25, 0.3) is 0 Å². The molecule has 156 valence electrons. The highest BCUT2D eigenvalue weighted by Crippen LogP contribution is 2.08. The Balaban J connectivity index is 3.95. The molecule has 0 heterocycles. The van der Waals surface area contributed by atoms with E-state index in [9.17, 15) is 19.5 Å². The van der Waals surface area contributed by atoms with Crippen molar-refractivity contribution < 1.29 is 29.0 Å². The molecule has 0 fully saturated rings. The molecule has 0 bridgehead atoms. The Morgan fingerprint density at radius 2 is 1.74 bits per heavy atom. The van der Waals surface area contributed by atoms with Gasteiger partial charge in [-0.05, 0) is 59.2 Å². The highest BCUT2D eigenvalue weighted by atomic mass is 32.1. The zero-order chi connectivity index (χ0) is 20.9. The number of aliphatic carboxylic acids is 1. The van der Waals surface area contributed by atoms with Crippen molar-refractivity contribution in [3.8, 4) is 0 Å². The van der Waals surface area contributed by atoms with E-state index in [0.717, 1.165) is 0 Å². The molecule has 9 nitrogen and oxygen atoms in total. The zero-order valence-corrected chi connectivity index (χ0v) is 17.2. The Hall–Kier alpha value is -2.10. The summed E-state index contributed by atoms with van der Waals surface area (Å²) < 4.78 is 9.87. The van der Waals surface area contributed by atoms with E-state index in [4.69, 9.17) is 21.7 Å². The van der Waals surface area contributed by atoms with Crippen molar-refractivity contribution in [2.45, 2.75) is 65.0 Å². The summed E-state index contributed by atoms with van der Waals surface area (Å²) in [6, 6.07) is -1.01. The van der Waals surface area contributed by atoms with E-state index >= 15 is 0 Å². The first-order chi connectivity index (χ1) is 12.5. The summed E-state index contributed by atoms with van der Waals surface area (Å²) in [7, 11) is 0. The fraction of sp³-hybridized carbons (Fsp3) is 0.765. The van der Waals surface area contributed by atoms with Crippen LogP contribution < -0.4 is 16.0 Å². The third-order valence-corrected chi connectivity index (χ3v) is 3.40. The lowest BCUT2D eigenvalue weighted by Gasteiger charge is -2.22. The van der Waals surface area contributed by atoms with Crippen LogP contribution >= 0.6 is 12.2 Å². The monoisotopic (exact) mass is 405 g/mol. The van der Waals surface area contributed by atoms with Crippen LogP contribution in [0.3, 0.4) is 0 Å². The molecule has 0 aromatic rings. The van der Waals surface area contributed by atoms with Crippen LogP contribution in [0.1, 0.15) is 53.4 Å². The lowest BCUT2D eigenvalue weighted by atomic mass is 10.1. The minimum absolute atomic E-state index is 0.228. The molecule has 1 amide bonds. The number of alkyl carbamates (subject to hydrolysis) is 1. The number of rotatable bonds is 11. The molecule has 0 spiro atoms. The van der Waals surface area contributed by atoms with Gasteiger partial charge in [0.15, 0.2) is 5.11 Å². The van der Waals surface area contributed by atoms with E-state index in [0.29, 0.717) is 37.7 Å². The maximum absolute atomic E-state index is 11.7. The van der Waals surface area contributed by atoms with Crippen LogP contribution in [0, 0.1) is 0 Å². The number of hydrogen-bond donors (Lipinski definition) is 4. The van der Waals surface area contributed by atoms with Crippen molar-refractivity contribution in [3.05, 3.63) is 0 Å². The van der Waals surface area contributed by atoms with Gasteiger partial charge in [0.05, 0.1) is 13.0 Å². The van der Waals surface area contributed by atoms with Gasteiger partial charge in [-0.1, -0.05) is 0 Å². The molecule has 27 heavy (non-hydrogen) atoms. The topological polar surface area (TPSA) is 126 Å². The summed E-state index contributed by atoms with van der Waals surface area (Å²) in [5, 5.41) is 17.8.